The number of hydrogen-bond acceptors (Lipinski definition) is 5. The number of hydrogen-bond donors (Lipinski definition) is 1. The first-order valence-electron chi connectivity index (χ1n) is 11.2. The summed E-state index contributed by atoms with van der Waals surface area (Å²) in [6, 6.07) is 23.2. The van der Waals surface area contributed by atoms with Crippen LogP contribution in [0.1, 0.15) is 23.4 Å². The van der Waals surface area contributed by atoms with Crippen molar-refractivity contribution in [3.05, 3.63) is 110 Å². The second-order valence-corrected chi connectivity index (χ2v) is 9.17. The third-order valence-corrected chi connectivity index (χ3v) is 6.83. The smallest absolute Gasteiger partial charge is 0.262 e. The first-order valence-corrected chi connectivity index (χ1v) is 12.2. The van der Waals surface area contributed by atoms with Crippen LogP contribution in [0, 0.1) is 6.92 Å². The molecule has 0 aliphatic carbocycles. The molecule has 2 aromatic heterocycles. The standard InChI is InChI=1S/C27H24N4O2S/c1-18-9-7-14-21-24(18)29-23(30-25(21)32)17-34-27-28-22-15-6-5-13-20(22)26(33)31(27)16-8-12-19-10-3-2-4-11-19/h2-7,9-11,13-15H,8,12,16-17H2,1H3,(H,29,30,32). The number of aromatic nitrogens is 4. The van der Waals surface area contributed by atoms with Crippen LogP contribution in [0.25, 0.3) is 21.8 Å². The molecule has 7 heteroatoms. The van der Waals surface area contributed by atoms with E-state index in [4.69, 9.17) is 4.98 Å². The predicted molar refractivity (Wildman–Crippen MR) is 137 cm³/mol. The van der Waals surface area contributed by atoms with Crippen LogP contribution < -0.4 is 11.1 Å². The molecule has 0 unspecified atom stereocenters. The van der Waals surface area contributed by atoms with Gasteiger partial charge in [0.25, 0.3) is 11.1 Å². The minimum atomic E-state index is -0.156. The molecule has 1 N–H and O–H groups in total. The van der Waals surface area contributed by atoms with E-state index in [0.29, 0.717) is 45.1 Å². The van der Waals surface area contributed by atoms with E-state index in [2.05, 4.69) is 22.1 Å². The van der Waals surface area contributed by atoms with Crippen LogP contribution in [0.5, 0.6) is 0 Å². The second kappa shape index (κ2) is 9.65. The summed E-state index contributed by atoms with van der Waals surface area (Å²) in [7, 11) is 0. The minimum Gasteiger partial charge on any atom is -0.309 e. The number of para-hydroxylation sites is 2. The molecule has 0 aliphatic heterocycles. The van der Waals surface area contributed by atoms with Crippen LogP contribution in [-0.4, -0.2) is 19.5 Å². The molecule has 34 heavy (non-hydrogen) atoms. The number of nitrogens with zero attached hydrogens (tertiary/aromatic N) is 3. The van der Waals surface area contributed by atoms with E-state index in [1.807, 2.05) is 61.5 Å². The highest BCUT2D eigenvalue weighted by Gasteiger charge is 2.13. The van der Waals surface area contributed by atoms with Gasteiger partial charge in [-0.2, -0.15) is 0 Å². The molecule has 0 fully saturated rings. The molecule has 0 saturated carbocycles. The highest BCUT2D eigenvalue weighted by molar-refractivity contribution is 7.98. The lowest BCUT2D eigenvalue weighted by atomic mass is 10.1. The average molecular weight is 469 g/mol. The number of fused-ring (bicyclic) bond motifs is 2. The Hall–Kier alpha value is -3.71. The Kier molecular flexibility index (Phi) is 6.27. The van der Waals surface area contributed by atoms with Gasteiger partial charge in [0, 0.05) is 6.54 Å². The summed E-state index contributed by atoms with van der Waals surface area (Å²) < 4.78 is 1.75. The fourth-order valence-corrected chi connectivity index (χ4v) is 4.99. The van der Waals surface area contributed by atoms with Gasteiger partial charge in [-0.3, -0.25) is 14.2 Å². The molecule has 5 rings (SSSR count). The Bertz CT molecular complexity index is 1590. The van der Waals surface area contributed by atoms with Crippen molar-refractivity contribution >= 4 is 33.6 Å². The van der Waals surface area contributed by atoms with Crippen LogP contribution in [-0.2, 0) is 18.7 Å². The van der Waals surface area contributed by atoms with Gasteiger partial charge in [-0.1, -0.05) is 66.4 Å². The van der Waals surface area contributed by atoms with Crippen LogP contribution in [0.4, 0.5) is 0 Å². The maximum atomic E-state index is 13.3. The van der Waals surface area contributed by atoms with Gasteiger partial charge in [0.15, 0.2) is 5.16 Å². The van der Waals surface area contributed by atoms with E-state index in [0.717, 1.165) is 18.4 Å². The van der Waals surface area contributed by atoms with Crippen molar-refractivity contribution in [1.82, 2.24) is 19.5 Å². The van der Waals surface area contributed by atoms with E-state index in [1.165, 1.54) is 17.3 Å². The lowest BCUT2D eigenvalue weighted by molar-refractivity contribution is 0.564. The maximum Gasteiger partial charge on any atom is 0.262 e. The highest BCUT2D eigenvalue weighted by Crippen LogP contribution is 2.22. The third-order valence-electron chi connectivity index (χ3n) is 5.84. The molecular formula is C27H24N4O2S. The van der Waals surface area contributed by atoms with Crippen LogP contribution in [0.3, 0.4) is 0 Å². The van der Waals surface area contributed by atoms with E-state index in [1.54, 1.807) is 10.6 Å². The summed E-state index contributed by atoms with van der Waals surface area (Å²) in [6.45, 7) is 2.51. The van der Waals surface area contributed by atoms with Gasteiger partial charge in [-0.15, -0.1) is 0 Å². The van der Waals surface area contributed by atoms with Gasteiger partial charge in [-0.05, 0) is 49.1 Å². The van der Waals surface area contributed by atoms with Gasteiger partial charge >= 0.3 is 0 Å². The zero-order valence-corrected chi connectivity index (χ0v) is 19.6. The fourth-order valence-electron chi connectivity index (χ4n) is 4.09. The first-order chi connectivity index (χ1) is 16.6. The van der Waals surface area contributed by atoms with Crippen molar-refractivity contribution in [3.63, 3.8) is 0 Å². The van der Waals surface area contributed by atoms with E-state index >= 15 is 0 Å². The average Bonchev–Trinajstić information content (AvgIpc) is 2.86. The fraction of sp³-hybridized carbons (Fsp3) is 0.185. The van der Waals surface area contributed by atoms with E-state index in [9.17, 15) is 9.59 Å². The van der Waals surface area contributed by atoms with E-state index < -0.39 is 0 Å². The Morgan fingerprint density at radius 2 is 1.65 bits per heavy atom. The topological polar surface area (TPSA) is 80.6 Å². The number of nitrogens with one attached hydrogen (secondary N) is 1. The predicted octanol–water partition coefficient (Wildman–Crippen LogP) is 4.87. The largest absolute Gasteiger partial charge is 0.309 e. The van der Waals surface area contributed by atoms with Gasteiger partial charge in [0.05, 0.1) is 27.6 Å². The molecule has 0 radical (unpaired) electrons. The highest BCUT2D eigenvalue weighted by atomic mass is 32.2. The number of rotatable bonds is 7. The van der Waals surface area contributed by atoms with Crippen molar-refractivity contribution in [2.24, 2.45) is 0 Å². The van der Waals surface area contributed by atoms with Crippen molar-refractivity contribution in [1.29, 1.82) is 0 Å². The van der Waals surface area contributed by atoms with E-state index in [-0.39, 0.29) is 11.1 Å². The summed E-state index contributed by atoms with van der Waals surface area (Å²) in [5.41, 5.74) is 3.37. The summed E-state index contributed by atoms with van der Waals surface area (Å²) >= 11 is 1.42. The van der Waals surface area contributed by atoms with Crippen molar-refractivity contribution in [2.45, 2.75) is 37.2 Å². The molecule has 170 valence electrons. The monoisotopic (exact) mass is 468 g/mol. The number of aryl methyl sites for hydroxylation is 2. The van der Waals surface area contributed by atoms with Gasteiger partial charge in [0.1, 0.15) is 5.82 Å². The first kappa shape index (κ1) is 22.1. The quantitative estimate of drug-likeness (QED) is 0.272. The summed E-state index contributed by atoms with van der Waals surface area (Å²) in [5.74, 6) is 0.971. The van der Waals surface area contributed by atoms with Crippen LogP contribution in [0.15, 0.2) is 87.5 Å². The lowest BCUT2D eigenvalue weighted by Gasteiger charge is -2.13. The minimum absolute atomic E-state index is 0.0445. The Labute approximate surface area is 200 Å². The van der Waals surface area contributed by atoms with Gasteiger partial charge < -0.3 is 4.98 Å². The normalized spacial score (nSPS) is 11.3. The Morgan fingerprint density at radius 1 is 0.882 bits per heavy atom. The Morgan fingerprint density at radius 3 is 2.50 bits per heavy atom. The molecule has 3 aromatic carbocycles. The second-order valence-electron chi connectivity index (χ2n) is 8.23. The molecule has 0 aliphatic rings. The lowest BCUT2D eigenvalue weighted by Crippen LogP contribution is -2.24. The number of thioether (sulfide) groups is 1. The van der Waals surface area contributed by atoms with Crippen molar-refractivity contribution in [3.8, 4) is 0 Å². The number of benzene rings is 3. The van der Waals surface area contributed by atoms with Crippen LogP contribution >= 0.6 is 11.8 Å². The molecule has 0 bridgehead atoms. The maximum absolute atomic E-state index is 13.3. The zero-order valence-electron chi connectivity index (χ0n) is 18.8. The molecule has 0 amide bonds. The van der Waals surface area contributed by atoms with Crippen LogP contribution in [0.2, 0.25) is 0 Å². The number of aromatic amines is 1. The molecular weight excluding hydrogens is 444 g/mol. The molecule has 0 saturated heterocycles. The van der Waals surface area contributed by atoms with Gasteiger partial charge in [-0.25, -0.2) is 9.97 Å². The molecule has 0 spiro atoms. The molecule has 5 aromatic rings. The SMILES string of the molecule is Cc1cccc2c(=O)[nH]c(CSc3nc4ccccc4c(=O)n3CCCc3ccccc3)nc12. The Balaban J connectivity index is 1.45. The summed E-state index contributed by atoms with van der Waals surface area (Å²) in [4.78, 5) is 38.2. The summed E-state index contributed by atoms with van der Waals surface area (Å²) in [5, 5.41) is 1.82. The summed E-state index contributed by atoms with van der Waals surface area (Å²) in [6.07, 6.45) is 1.70. The number of H-pyrrole nitrogens is 1. The molecule has 2 heterocycles. The van der Waals surface area contributed by atoms with Gasteiger partial charge in [0.2, 0.25) is 0 Å². The zero-order chi connectivity index (χ0) is 23.5. The van der Waals surface area contributed by atoms with Crippen molar-refractivity contribution in [2.75, 3.05) is 0 Å². The van der Waals surface area contributed by atoms with Crippen molar-refractivity contribution < 1.29 is 0 Å². The molecule has 0 atom stereocenters. The molecule has 6 nitrogen and oxygen atoms in total. The third kappa shape index (κ3) is 4.52.